The van der Waals surface area contributed by atoms with Gasteiger partial charge in [0.15, 0.2) is 12.3 Å². The topological polar surface area (TPSA) is 72.3 Å². The number of alkyl halides is 3. The molecule has 0 amide bonds. The summed E-state index contributed by atoms with van der Waals surface area (Å²) in [6, 6.07) is -0.502. The smallest absolute Gasteiger partial charge is 0.352 e. The molecule has 6 nitrogen and oxygen atoms in total. The molecule has 0 atom stereocenters. The van der Waals surface area contributed by atoms with Crippen molar-refractivity contribution in [2.45, 2.75) is 31.6 Å². The van der Waals surface area contributed by atoms with Gasteiger partial charge in [-0.15, -0.1) is 0 Å². The van der Waals surface area contributed by atoms with Crippen LogP contribution in [-0.4, -0.2) is 39.3 Å². The first-order valence-electron chi connectivity index (χ1n) is 8.72. The number of hydrogen-bond donors (Lipinski definition) is 1. The zero-order valence-corrected chi connectivity index (χ0v) is 15.1. The number of fused-ring (bicyclic) bond motifs is 1. The van der Waals surface area contributed by atoms with E-state index in [2.05, 4.69) is 21.6 Å². The third-order valence-electron chi connectivity index (χ3n) is 4.38. The standard InChI is InChI=1S/C18H17F5N4O2/c1-9(20)5-11(6-12(21)7-19)14-15(10-3-2-4-10)26-27-16(14)24-17(25-18(27)28)29-8-13(22)23/h5-6,10,13H,1-4,7-8H2,(H,24,25,28)/b11-5+,12-6+. The molecule has 0 saturated heterocycles. The first-order valence-corrected chi connectivity index (χ1v) is 8.72. The quantitative estimate of drug-likeness (QED) is 0.521. The Balaban J connectivity index is 2.25. The molecule has 1 aliphatic carbocycles. The van der Waals surface area contributed by atoms with Gasteiger partial charge < -0.3 is 4.74 Å². The molecular formula is C18H17F5N4O2. The fraction of sp³-hybridized carbons (Fsp3) is 0.389. The Morgan fingerprint density at radius 1 is 1.34 bits per heavy atom. The van der Waals surface area contributed by atoms with Crippen LogP contribution in [-0.2, 0) is 0 Å². The van der Waals surface area contributed by atoms with Gasteiger partial charge in [0.2, 0.25) is 0 Å². The van der Waals surface area contributed by atoms with Crippen LogP contribution < -0.4 is 10.4 Å². The van der Waals surface area contributed by atoms with Crippen LogP contribution in [0.4, 0.5) is 22.0 Å². The van der Waals surface area contributed by atoms with Crippen molar-refractivity contribution >= 4 is 11.2 Å². The fourth-order valence-corrected chi connectivity index (χ4v) is 2.96. The summed E-state index contributed by atoms with van der Waals surface area (Å²) in [5.74, 6) is -2.23. The Hall–Kier alpha value is -2.98. The molecule has 2 aromatic heterocycles. The third-order valence-corrected chi connectivity index (χ3v) is 4.38. The van der Waals surface area contributed by atoms with Crippen molar-refractivity contribution in [3.05, 3.63) is 52.1 Å². The van der Waals surface area contributed by atoms with Crippen LogP contribution in [0.2, 0.25) is 0 Å². The van der Waals surface area contributed by atoms with Gasteiger partial charge in [-0.05, 0) is 30.6 Å². The van der Waals surface area contributed by atoms with Crippen molar-refractivity contribution in [3.8, 4) is 6.01 Å². The van der Waals surface area contributed by atoms with Crippen LogP contribution >= 0.6 is 0 Å². The van der Waals surface area contributed by atoms with Gasteiger partial charge in [-0.1, -0.05) is 13.0 Å². The van der Waals surface area contributed by atoms with Gasteiger partial charge in [0, 0.05) is 5.92 Å². The number of ether oxygens (including phenoxy) is 1. The molecule has 0 spiro atoms. The summed E-state index contributed by atoms with van der Waals surface area (Å²) in [6.45, 7) is 0.657. The molecule has 1 N–H and O–H groups in total. The lowest BCUT2D eigenvalue weighted by Crippen LogP contribution is -2.21. The van der Waals surface area contributed by atoms with E-state index >= 15 is 0 Å². The van der Waals surface area contributed by atoms with Crippen molar-refractivity contribution in [1.82, 2.24) is 19.6 Å². The molecule has 1 aliphatic rings. The summed E-state index contributed by atoms with van der Waals surface area (Å²) >= 11 is 0. The summed E-state index contributed by atoms with van der Waals surface area (Å²) in [7, 11) is 0. The molecule has 0 bridgehead atoms. The summed E-state index contributed by atoms with van der Waals surface area (Å²) in [5, 5.41) is 4.20. The van der Waals surface area contributed by atoms with E-state index in [0.29, 0.717) is 5.69 Å². The molecule has 11 heteroatoms. The van der Waals surface area contributed by atoms with Crippen LogP contribution in [0.3, 0.4) is 0 Å². The lowest BCUT2D eigenvalue weighted by Gasteiger charge is -2.24. The first kappa shape index (κ1) is 20.7. The highest BCUT2D eigenvalue weighted by Gasteiger charge is 2.30. The molecule has 2 aromatic rings. The summed E-state index contributed by atoms with van der Waals surface area (Å²) in [4.78, 5) is 18.5. The normalized spacial score (nSPS) is 15.8. The minimum absolute atomic E-state index is 0.0881. The lowest BCUT2D eigenvalue weighted by molar-refractivity contribution is 0.0768. The van der Waals surface area contributed by atoms with E-state index in [1.807, 2.05) is 0 Å². The molecule has 1 saturated carbocycles. The number of hydrogen-bond acceptors (Lipinski definition) is 4. The minimum Gasteiger partial charge on any atom is -0.459 e. The van der Waals surface area contributed by atoms with E-state index in [9.17, 15) is 26.7 Å². The number of H-pyrrole nitrogens is 1. The van der Waals surface area contributed by atoms with Crippen molar-refractivity contribution < 1.29 is 26.7 Å². The average Bonchev–Trinajstić information content (AvgIpc) is 2.96. The van der Waals surface area contributed by atoms with Gasteiger partial charge in [0.05, 0.1) is 11.3 Å². The molecular weight excluding hydrogens is 399 g/mol. The second-order valence-corrected chi connectivity index (χ2v) is 6.44. The van der Waals surface area contributed by atoms with E-state index in [4.69, 9.17) is 4.74 Å². The van der Waals surface area contributed by atoms with E-state index in [0.717, 1.165) is 35.9 Å². The molecule has 156 valence electrons. The summed E-state index contributed by atoms with van der Waals surface area (Å²) < 4.78 is 70.4. The predicted octanol–water partition coefficient (Wildman–Crippen LogP) is 4.02. The number of nitrogens with zero attached hydrogens (tertiary/aromatic N) is 3. The minimum atomic E-state index is -2.81. The maximum Gasteiger partial charge on any atom is 0.352 e. The summed E-state index contributed by atoms with van der Waals surface area (Å²) in [5.41, 5.74) is -0.696. The Labute approximate surface area is 161 Å². The number of aromatic nitrogens is 4. The van der Waals surface area contributed by atoms with Crippen molar-refractivity contribution in [3.63, 3.8) is 0 Å². The molecule has 0 unspecified atom stereocenters. The molecule has 0 aromatic carbocycles. The highest BCUT2D eigenvalue weighted by atomic mass is 19.3. The molecule has 29 heavy (non-hydrogen) atoms. The predicted molar refractivity (Wildman–Crippen MR) is 95.1 cm³/mol. The van der Waals surface area contributed by atoms with Crippen molar-refractivity contribution in [1.29, 1.82) is 0 Å². The van der Waals surface area contributed by atoms with E-state index in [1.54, 1.807) is 0 Å². The second-order valence-electron chi connectivity index (χ2n) is 6.44. The number of aromatic amines is 1. The van der Waals surface area contributed by atoms with Crippen LogP contribution in [0, 0.1) is 0 Å². The zero-order valence-electron chi connectivity index (χ0n) is 15.1. The van der Waals surface area contributed by atoms with Gasteiger partial charge in [0.1, 0.15) is 18.3 Å². The Kier molecular flexibility index (Phi) is 6.14. The number of rotatable bonds is 8. The van der Waals surface area contributed by atoms with E-state index < -0.39 is 43.1 Å². The van der Waals surface area contributed by atoms with E-state index in [-0.39, 0.29) is 22.7 Å². The van der Waals surface area contributed by atoms with Gasteiger partial charge in [-0.25, -0.2) is 26.7 Å². The Morgan fingerprint density at radius 2 is 2.07 bits per heavy atom. The number of halogens is 5. The number of nitrogens with one attached hydrogen (secondary N) is 1. The largest absolute Gasteiger partial charge is 0.459 e. The van der Waals surface area contributed by atoms with Crippen molar-refractivity contribution in [2.24, 2.45) is 0 Å². The van der Waals surface area contributed by atoms with Crippen LogP contribution in [0.25, 0.3) is 11.2 Å². The van der Waals surface area contributed by atoms with Gasteiger partial charge in [-0.3, -0.25) is 4.98 Å². The fourth-order valence-electron chi connectivity index (χ4n) is 2.96. The Morgan fingerprint density at radius 3 is 2.62 bits per heavy atom. The van der Waals surface area contributed by atoms with Gasteiger partial charge >= 0.3 is 5.69 Å². The van der Waals surface area contributed by atoms with Crippen molar-refractivity contribution in [2.75, 3.05) is 13.3 Å². The first-order chi connectivity index (χ1) is 13.8. The zero-order chi connectivity index (χ0) is 21.1. The second kappa shape index (κ2) is 8.58. The highest BCUT2D eigenvalue weighted by molar-refractivity contribution is 5.85. The van der Waals surface area contributed by atoms with E-state index in [1.165, 1.54) is 0 Å². The summed E-state index contributed by atoms with van der Waals surface area (Å²) in [6.07, 6.45) is 1.15. The Bertz CT molecular complexity index is 1040. The third kappa shape index (κ3) is 4.54. The SMILES string of the molecule is C=C(F)/C=C(\C=C(\F)CF)c1c(C2CCC2)nn2c(=O)[nH]c(OCC(F)F)nc12. The lowest BCUT2D eigenvalue weighted by atomic mass is 9.80. The maximum absolute atomic E-state index is 13.7. The van der Waals surface area contributed by atoms with Gasteiger partial charge in [-0.2, -0.15) is 14.6 Å². The highest BCUT2D eigenvalue weighted by Crippen LogP contribution is 2.41. The van der Waals surface area contributed by atoms with Crippen LogP contribution in [0.5, 0.6) is 6.01 Å². The molecule has 3 rings (SSSR count). The monoisotopic (exact) mass is 416 g/mol. The van der Waals surface area contributed by atoms with Crippen LogP contribution in [0.15, 0.2) is 35.2 Å². The maximum atomic E-state index is 13.7. The average molecular weight is 416 g/mol. The number of allylic oxidation sites excluding steroid dienone is 5. The van der Waals surface area contributed by atoms with Crippen LogP contribution in [0.1, 0.15) is 36.4 Å². The molecule has 2 heterocycles. The molecule has 0 radical (unpaired) electrons. The molecule has 1 fully saturated rings. The van der Waals surface area contributed by atoms with Gasteiger partial charge in [0.25, 0.3) is 12.4 Å². The molecule has 0 aliphatic heterocycles.